The molecule has 1 fully saturated rings. The molecule has 0 saturated carbocycles. The molecule has 0 bridgehead atoms. The molecule has 5 heteroatoms. The average Bonchev–Trinajstić information content (AvgIpc) is 2.80. The number of carbonyl (C=O) groups excluding carboxylic acids is 1. The molecule has 1 aliphatic rings. The molecule has 0 spiro atoms. The number of pyridine rings is 2. The van der Waals surface area contributed by atoms with Crippen LogP contribution in [0.4, 0.5) is 0 Å². The smallest absolute Gasteiger partial charge is 0.229 e. The third-order valence-corrected chi connectivity index (χ3v) is 6.19. The number of aromatic nitrogens is 2. The fourth-order valence-electron chi connectivity index (χ4n) is 4.82. The van der Waals surface area contributed by atoms with E-state index in [1.54, 1.807) is 11.1 Å². The molecule has 0 aliphatic carbocycles. The standard InChI is InChI=1S/C26H30N4O/c1-29(2)25(31)26(12-6-16-30(20-26)19-21-10-14-27-15-11-21)17-22-7-3-4-9-24(22)23-8-5-13-28-18-23/h3-5,7-11,13-15,18H,6,12,16-17,19-20H2,1-2H3/t26-/m1/s1. The van der Waals surface area contributed by atoms with Gasteiger partial charge in [0.05, 0.1) is 5.41 Å². The van der Waals surface area contributed by atoms with Crippen LogP contribution in [-0.2, 0) is 17.8 Å². The Morgan fingerprint density at radius 2 is 1.84 bits per heavy atom. The van der Waals surface area contributed by atoms with E-state index in [4.69, 9.17) is 0 Å². The zero-order valence-electron chi connectivity index (χ0n) is 18.4. The lowest BCUT2D eigenvalue weighted by atomic mass is 9.73. The van der Waals surface area contributed by atoms with E-state index in [1.165, 1.54) is 11.1 Å². The van der Waals surface area contributed by atoms with Gasteiger partial charge in [-0.25, -0.2) is 0 Å². The number of nitrogens with zero attached hydrogens (tertiary/aromatic N) is 4. The van der Waals surface area contributed by atoms with Crippen LogP contribution in [0.2, 0.25) is 0 Å². The zero-order valence-corrected chi connectivity index (χ0v) is 18.4. The van der Waals surface area contributed by atoms with E-state index in [9.17, 15) is 4.79 Å². The Balaban J connectivity index is 1.66. The summed E-state index contributed by atoms with van der Waals surface area (Å²) >= 11 is 0. The highest BCUT2D eigenvalue weighted by atomic mass is 16.2. The zero-order chi connectivity index (χ0) is 21.7. The molecule has 3 aromatic rings. The van der Waals surface area contributed by atoms with Gasteiger partial charge in [0.15, 0.2) is 0 Å². The Hall–Kier alpha value is -3.05. The maximum atomic E-state index is 13.5. The lowest BCUT2D eigenvalue weighted by Gasteiger charge is -2.43. The molecule has 3 heterocycles. The first-order valence-electron chi connectivity index (χ1n) is 10.9. The lowest BCUT2D eigenvalue weighted by Crippen LogP contribution is -2.52. The fourth-order valence-corrected chi connectivity index (χ4v) is 4.82. The van der Waals surface area contributed by atoms with Crippen molar-refractivity contribution in [3.63, 3.8) is 0 Å². The quantitative estimate of drug-likeness (QED) is 0.610. The van der Waals surface area contributed by atoms with Gasteiger partial charge in [0.25, 0.3) is 0 Å². The first kappa shape index (κ1) is 21.2. The molecule has 0 radical (unpaired) electrons. The van der Waals surface area contributed by atoms with Gasteiger partial charge in [0, 0.05) is 57.5 Å². The van der Waals surface area contributed by atoms with Gasteiger partial charge < -0.3 is 4.90 Å². The third-order valence-electron chi connectivity index (χ3n) is 6.19. The van der Waals surface area contributed by atoms with Crippen LogP contribution in [0.5, 0.6) is 0 Å². The summed E-state index contributed by atoms with van der Waals surface area (Å²) in [6.07, 6.45) is 10.0. The number of amides is 1. The molecular weight excluding hydrogens is 384 g/mol. The van der Waals surface area contributed by atoms with Gasteiger partial charge >= 0.3 is 0 Å². The van der Waals surface area contributed by atoms with Crippen molar-refractivity contribution in [2.75, 3.05) is 27.2 Å². The number of carbonyl (C=O) groups is 1. The highest BCUT2D eigenvalue weighted by Gasteiger charge is 2.43. The van der Waals surface area contributed by atoms with E-state index >= 15 is 0 Å². The van der Waals surface area contributed by atoms with Crippen LogP contribution in [0.1, 0.15) is 24.0 Å². The van der Waals surface area contributed by atoms with Crippen LogP contribution in [-0.4, -0.2) is 52.9 Å². The Labute approximate surface area is 184 Å². The van der Waals surface area contributed by atoms with Gasteiger partial charge in [0.2, 0.25) is 5.91 Å². The van der Waals surface area contributed by atoms with Gasteiger partial charge in [-0.2, -0.15) is 0 Å². The minimum absolute atomic E-state index is 0.216. The van der Waals surface area contributed by atoms with Crippen LogP contribution in [0, 0.1) is 5.41 Å². The topological polar surface area (TPSA) is 49.3 Å². The number of hydrogen-bond acceptors (Lipinski definition) is 4. The summed E-state index contributed by atoms with van der Waals surface area (Å²) in [5, 5.41) is 0. The second kappa shape index (κ2) is 9.40. The second-order valence-electron chi connectivity index (χ2n) is 8.73. The molecule has 1 aliphatic heterocycles. The molecule has 1 saturated heterocycles. The Morgan fingerprint density at radius 1 is 1.03 bits per heavy atom. The normalized spacial score (nSPS) is 19.2. The van der Waals surface area contributed by atoms with E-state index in [-0.39, 0.29) is 5.91 Å². The first-order chi connectivity index (χ1) is 15.1. The largest absolute Gasteiger partial charge is 0.348 e. The molecule has 5 nitrogen and oxygen atoms in total. The predicted molar refractivity (Wildman–Crippen MR) is 123 cm³/mol. The summed E-state index contributed by atoms with van der Waals surface area (Å²) in [5.74, 6) is 0.216. The van der Waals surface area contributed by atoms with Crippen molar-refractivity contribution in [1.29, 1.82) is 0 Å². The molecule has 2 aromatic heterocycles. The third kappa shape index (κ3) is 4.83. The van der Waals surface area contributed by atoms with Gasteiger partial charge in [-0.05, 0) is 60.7 Å². The lowest BCUT2D eigenvalue weighted by molar-refractivity contribution is -0.143. The van der Waals surface area contributed by atoms with E-state index < -0.39 is 5.41 Å². The summed E-state index contributed by atoms with van der Waals surface area (Å²) in [6.45, 7) is 2.61. The highest BCUT2D eigenvalue weighted by Crippen LogP contribution is 2.38. The number of hydrogen-bond donors (Lipinski definition) is 0. The summed E-state index contributed by atoms with van der Waals surface area (Å²) < 4.78 is 0. The van der Waals surface area contributed by atoms with Crippen molar-refractivity contribution >= 4 is 5.91 Å². The maximum Gasteiger partial charge on any atom is 0.229 e. The SMILES string of the molecule is CN(C)C(=O)[C@@]1(Cc2ccccc2-c2cccnc2)CCCN(Cc2ccncc2)C1. The maximum absolute atomic E-state index is 13.5. The Bertz CT molecular complexity index is 1010. The molecule has 160 valence electrons. The molecule has 0 unspecified atom stereocenters. The molecule has 1 atom stereocenters. The van der Waals surface area contributed by atoms with Crippen LogP contribution < -0.4 is 0 Å². The summed E-state index contributed by atoms with van der Waals surface area (Å²) in [4.78, 5) is 26.2. The molecule has 4 rings (SSSR count). The fraction of sp³-hybridized carbons (Fsp3) is 0.346. The number of piperidine rings is 1. The van der Waals surface area contributed by atoms with Crippen LogP contribution in [0.15, 0.2) is 73.3 Å². The number of benzene rings is 1. The average molecular weight is 415 g/mol. The summed E-state index contributed by atoms with van der Waals surface area (Å²) in [7, 11) is 3.75. The van der Waals surface area contributed by atoms with E-state index in [0.717, 1.165) is 50.0 Å². The predicted octanol–water partition coefficient (Wildman–Crippen LogP) is 4.06. The Kier molecular flexibility index (Phi) is 6.42. The molecule has 0 N–H and O–H groups in total. The number of rotatable bonds is 6. The van der Waals surface area contributed by atoms with Crippen LogP contribution in [0.3, 0.4) is 0 Å². The molecule has 31 heavy (non-hydrogen) atoms. The number of likely N-dealkylation sites (tertiary alicyclic amines) is 1. The summed E-state index contributed by atoms with van der Waals surface area (Å²) in [5.41, 5.74) is 4.26. The second-order valence-corrected chi connectivity index (χ2v) is 8.73. The first-order valence-corrected chi connectivity index (χ1v) is 10.9. The van der Waals surface area contributed by atoms with Crippen molar-refractivity contribution in [2.45, 2.75) is 25.8 Å². The van der Waals surface area contributed by atoms with Gasteiger partial charge in [-0.1, -0.05) is 30.3 Å². The minimum atomic E-state index is -0.437. The van der Waals surface area contributed by atoms with E-state index in [2.05, 4.69) is 57.3 Å². The van der Waals surface area contributed by atoms with Crippen molar-refractivity contribution < 1.29 is 4.79 Å². The minimum Gasteiger partial charge on any atom is -0.348 e. The Morgan fingerprint density at radius 3 is 2.58 bits per heavy atom. The van der Waals surface area contributed by atoms with Crippen LogP contribution in [0.25, 0.3) is 11.1 Å². The van der Waals surface area contributed by atoms with Crippen molar-refractivity contribution in [3.05, 3.63) is 84.4 Å². The van der Waals surface area contributed by atoms with E-state index in [0.29, 0.717) is 0 Å². The highest BCUT2D eigenvalue weighted by molar-refractivity contribution is 5.83. The van der Waals surface area contributed by atoms with Gasteiger partial charge in [0.1, 0.15) is 0 Å². The van der Waals surface area contributed by atoms with Gasteiger partial charge in [-0.3, -0.25) is 19.7 Å². The van der Waals surface area contributed by atoms with Gasteiger partial charge in [-0.15, -0.1) is 0 Å². The molecular formula is C26H30N4O. The van der Waals surface area contributed by atoms with Crippen molar-refractivity contribution in [1.82, 2.24) is 19.8 Å². The monoisotopic (exact) mass is 414 g/mol. The van der Waals surface area contributed by atoms with E-state index in [1.807, 2.05) is 38.8 Å². The van der Waals surface area contributed by atoms with Crippen molar-refractivity contribution in [2.24, 2.45) is 5.41 Å². The molecule has 1 amide bonds. The summed E-state index contributed by atoms with van der Waals surface area (Å²) in [6, 6.07) is 16.6. The van der Waals surface area contributed by atoms with Crippen LogP contribution >= 0.6 is 0 Å². The van der Waals surface area contributed by atoms with Crippen molar-refractivity contribution in [3.8, 4) is 11.1 Å². The molecule has 1 aromatic carbocycles.